The van der Waals surface area contributed by atoms with Crippen LogP contribution in [0.15, 0.2) is 30.6 Å². The number of rotatable bonds is 5. The van der Waals surface area contributed by atoms with E-state index in [1.165, 1.54) is 12.4 Å². The molecule has 100 valence electrons. The van der Waals surface area contributed by atoms with Crippen LogP contribution in [0.5, 0.6) is 5.75 Å². The normalized spacial score (nSPS) is 10.7. The molecule has 0 bridgehead atoms. The predicted octanol–water partition coefficient (Wildman–Crippen LogP) is 2.98. The van der Waals surface area contributed by atoms with Crippen LogP contribution in [0.3, 0.4) is 0 Å². The van der Waals surface area contributed by atoms with E-state index in [-0.39, 0.29) is 12.4 Å². The van der Waals surface area contributed by atoms with E-state index >= 15 is 0 Å². The maximum atomic E-state index is 12.6. The topological polar surface area (TPSA) is 44.1 Å². The van der Waals surface area contributed by atoms with E-state index in [0.29, 0.717) is 17.6 Å². The lowest BCUT2D eigenvalue weighted by Crippen LogP contribution is -2.08. The van der Waals surface area contributed by atoms with E-state index in [4.69, 9.17) is 4.74 Å². The van der Waals surface area contributed by atoms with Gasteiger partial charge in [-0.3, -0.25) is 9.36 Å². The van der Waals surface area contributed by atoms with Crippen LogP contribution in [-0.2, 0) is 6.61 Å². The zero-order valence-electron chi connectivity index (χ0n) is 10.2. The number of carbonyl (C=O) groups excluding carboxylic acids is 1. The Balaban J connectivity index is 2.14. The van der Waals surface area contributed by atoms with E-state index in [1.54, 1.807) is 18.2 Å². The molecule has 1 aromatic heterocycles. The number of hydrogen-bond acceptors (Lipinski definition) is 3. The highest BCUT2D eigenvalue weighted by Crippen LogP contribution is 2.20. The van der Waals surface area contributed by atoms with Crippen LogP contribution in [0, 0.1) is 6.92 Å². The van der Waals surface area contributed by atoms with Gasteiger partial charge >= 0.3 is 6.55 Å². The van der Waals surface area contributed by atoms with Crippen molar-refractivity contribution in [1.82, 2.24) is 9.55 Å². The number of alkyl halides is 2. The van der Waals surface area contributed by atoms with Gasteiger partial charge in [-0.05, 0) is 19.1 Å². The first-order chi connectivity index (χ1) is 9.11. The summed E-state index contributed by atoms with van der Waals surface area (Å²) < 4.78 is 31.3. The molecule has 2 aromatic rings. The number of aryl methyl sites for hydroxylation is 1. The third-order valence-electron chi connectivity index (χ3n) is 2.61. The Labute approximate surface area is 108 Å². The van der Waals surface area contributed by atoms with Crippen molar-refractivity contribution in [2.24, 2.45) is 0 Å². The van der Waals surface area contributed by atoms with Gasteiger partial charge in [-0.1, -0.05) is 11.6 Å². The van der Waals surface area contributed by atoms with Crippen LogP contribution in [0.25, 0.3) is 0 Å². The fourth-order valence-electron chi connectivity index (χ4n) is 1.67. The van der Waals surface area contributed by atoms with E-state index in [0.717, 1.165) is 10.1 Å². The second-order valence-electron chi connectivity index (χ2n) is 3.98. The van der Waals surface area contributed by atoms with Gasteiger partial charge in [0.1, 0.15) is 12.4 Å². The molecular weight excluding hydrogens is 254 g/mol. The summed E-state index contributed by atoms with van der Waals surface area (Å²) in [6.07, 6.45) is 3.13. The molecule has 0 spiro atoms. The Morgan fingerprint density at radius 2 is 2.26 bits per heavy atom. The van der Waals surface area contributed by atoms with Crippen LogP contribution in [-0.4, -0.2) is 15.8 Å². The van der Waals surface area contributed by atoms with E-state index < -0.39 is 6.55 Å². The number of aldehydes is 1. The molecule has 0 aliphatic rings. The van der Waals surface area contributed by atoms with Crippen LogP contribution in [0.4, 0.5) is 8.78 Å². The minimum Gasteiger partial charge on any atom is -0.485 e. The summed E-state index contributed by atoms with van der Waals surface area (Å²) in [6, 6.07) is 5.08. The van der Waals surface area contributed by atoms with Crippen LogP contribution < -0.4 is 4.74 Å². The Hall–Kier alpha value is -2.24. The number of carbonyl (C=O) groups is 1. The lowest BCUT2D eigenvalue weighted by molar-refractivity contribution is 0.0631. The largest absolute Gasteiger partial charge is 0.485 e. The second-order valence-corrected chi connectivity index (χ2v) is 3.98. The first kappa shape index (κ1) is 13.2. The molecule has 1 aromatic carbocycles. The summed E-state index contributed by atoms with van der Waals surface area (Å²) in [5, 5.41) is 0. The van der Waals surface area contributed by atoms with Gasteiger partial charge in [0, 0.05) is 12.4 Å². The van der Waals surface area contributed by atoms with Crippen molar-refractivity contribution < 1.29 is 18.3 Å². The van der Waals surface area contributed by atoms with Crippen molar-refractivity contribution in [2.45, 2.75) is 20.1 Å². The van der Waals surface area contributed by atoms with Gasteiger partial charge in [-0.2, -0.15) is 8.78 Å². The van der Waals surface area contributed by atoms with E-state index in [2.05, 4.69) is 4.98 Å². The monoisotopic (exact) mass is 266 g/mol. The number of hydrogen-bond donors (Lipinski definition) is 0. The number of nitrogens with zero attached hydrogens (tertiary/aromatic N) is 2. The lowest BCUT2D eigenvalue weighted by Gasteiger charge is -2.10. The molecule has 0 N–H and O–H groups in total. The second kappa shape index (κ2) is 5.60. The Morgan fingerprint density at radius 3 is 2.95 bits per heavy atom. The fraction of sp³-hybridized carbons (Fsp3) is 0.231. The molecule has 0 radical (unpaired) electrons. The summed E-state index contributed by atoms with van der Waals surface area (Å²) in [6.45, 7) is -0.939. The zero-order chi connectivity index (χ0) is 13.8. The van der Waals surface area contributed by atoms with Crippen molar-refractivity contribution in [1.29, 1.82) is 0 Å². The van der Waals surface area contributed by atoms with Gasteiger partial charge in [0.2, 0.25) is 0 Å². The number of imidazole rings is 1. The lowest BCUT2D eigenvalue weighted by atomic mass is 10.1. The van der Waals surface area contributed by atoms with Crippen molar-refractivity contribution in [2.75, 3.05) is 0 Å². The SMILES string of the molecule is Cc1ccc(OCc2nccn2C(F)F)c(C=O)c1. The molecule has 6 heteroatoms. The third-order valence-corrected chi connectivity index (χ3v) is 2.61. The molecule has 4 nitrogen and oxygen atoms in total. The van der Waals surface area contributed by atoms with Gasteiger partial charge in [-0.25, -0.2) is 4.98 Å². The predicted molar refractivity (Wildman–Crippen MR) is 64.4 cm³/mol. The van der Waals surface area contributed by atoms with E-state index in [1.807, 2.05) is 6.92 Å². The summed E-state index contributed by atoms with van der Waals surface area (Å²) in [5.41, 5.74) is 1.30. The molecular formula is C13H12F2N2O2. The minimum atomic E-state index is -2.66. The molecule has 0 unspecified atom stereocenters. The maximum absolute atomic E-state index is 12.6. The van der Waals surface area contributed by atoms with Crippen LogP contribution >= 0.6 is 0 Å². The molecule has 0 aliphatic heterocycles. The quantitative estimate of drug-likeness (QED) is 0.781. The van der Waals surface area contributed by atoms with Crippen molar-refractivity contribution in [3.63, 3.8) is 0 Å². The third kappa shape index (κ3) is 2.96. The number of aromatic nitrogens is 2. The number of benzene rings is 1. The fourth-order valence-corrected chi connectivity index (χ4v) is 1.67. The summed E-state index contributed by atoms with van der Waals surface area (Å²) in [4.78, 5) is 14.7. The standard InChI is InChI=1S/C13H12F2N2O2/c1-9-2-3-11(10(6-9)7-18)19-8-12-16-4-5-17(12)13(14)15/h2-7,13H,8H2,1H3. The van der Waals surface area contributed by atoms with Gasteiger partial charge in [0.25, 0.3) is 0 Å². The average molecular weight is 266 g/mol. The molecule has 0 aliphatic carbocycles. The van der Waals surface area contributed by atoms with Crippen LogP contribution in [0.2, 0.25) is 0 Å². The first-order valence-corrected chi connectivity index (χ1v) is 5.60. The smallest absolute Gasteiger partial charge is 0.320 e. The molecule has 0 atom stereocenters. The first-order valence-electron chi connectivity index (χ1n) is 5.60. The minimum absolute atomic E-state index is 0.104. The van der Waals surface area contributed by atoms with E-state index in [9.17, 15) is 13.6 Å². The Morgan fingerprint density at radius 1 is 1.47 bits per heavy atom. The van der Waals surface area contributed by atoms with Crippen molar-refractivity contribution in [3.05, 3.63) is 47.5 Å². The molecule has 0 fully saturated rings. The van der Waals surface area contributed by atoms with Gasteiger partial charge < -0.3 is 4.74 Å². The zero-order valence-corrected chi connectivity index (χ0v) is 10.2. The van der Waals surface area contributed by atoms with Crippen LogP contribution in [0.1, 0.15) is 28.3 Å². The van der Waals surface area contributed by atoms with Gasteiger partial charge in [-0.15, -0.1) is 0 Å². The molecule has 0 amide bonds. The number of halogens is 2. The molecule has 0 saturated carbocycles. The molecule has 2 rings (SSSR count). The summed E-state index contributed by atoms with van der Waals surface area (Å²) in [7, 11) is 0. The van der Waals surface area contributed by atoms with Gasteiger partial charge in [0.05, 0.1) is 5.56 Å². The Bertz CT molecular complexity index is 582. The van der Waals surface area contributed by atoms with Gasteiger partial charge in [0.15, 0.2) is 12.1 Å². The molecule has 0 saturated heterocycles. The highest BCUT2D eigenvalue weighted by molar-refractivity contribution is 5.79. The average Bonchev–Trinajstić information content (AvgIpc) is 2.85. The highest BCUT2D eigenvalue weighted by Gasteiger charge is 2.12. The summed E-state index contributed by atoms with van der Waals surface area (Å²) in [5.74, 6) is 0.455. The molecule has 19 heavy (non-hydrogen) atoms. The van der Waals surface area contributed by atoms with Crippen molar-refractivity contribution in [3.8, 4) is 5.75 Å². The highest BCUT2D eigenvalue weighted by atomic mass is 19.3. The summed E-state index contributed by atoms with van der Waals surface area (Å²) >= 11 is 0. The Kier molecular flexibility index (Phi) is 3.89. The maximum Gasteiger partial charge on any atom is 0.320 e. The van der Waals surface area contributed by atoms with Crippen molar-refractivity contribution >= 4 is 6.29 Å². The number of ether oxygens (including phenoxy) is 1. The molecule has 1 heterocycles.